The third-order valence-electron chi connectivity index (χ3n) is 2.90. The van der Waals surface area contributed by atoms with Crippen LogP contribution < -0.4 is 5.32 Å². The maximum absolute atomic E-state index is 3.51. The average molecular weight is 254 g/mol. The Morgan fingerprint density at radius 1 is 1.41 bits per heavy atom. The minimum Gasteiger partial charge on any atom is -0.312 e. The molecule has 0 saturated heterocycles. The molecule has 17 heavy (non-hydrogen) atoms. The normalized spacial score (nSPS) is 11.7. The van der Waals surface area contributed by atoms with Crippen LogP contribution in [0.4, 0.5) is 0 Å². The summed E-state index contributed by atoms with van der Waals surface area (Å²) in [5, 5.41) is 3.51. The van der Waals surface area contributed by atoms with Crippen molar-refractivity contribution >= 4 is 11.3 Å². The summed E-state index contributed by atoms with van der Waals surface area (Å²) in [4.78, 5) is 5.27. The largest absolute Gasteiger partial charge is 0.312 e. The molecule has 0 fully saturated rings. The van der Waals surface area contributed by atoms with Crippen molar-refractivity contribution in [2.75, 3.05) is 20.1 Å². The van der Waals surface area contributed by atoms with E-state index in [1.165, 1.54) is 15.3 Å². The van der Waals surface area contributed by atoms with Crippen LogP contribution in [0.2, 0.25) is 0 Å². The Labute approximate surface area is 110 Å². The summed E-state index contributed by atoms with van der Waals surface area (Å²) >= 11 is 1.93. The zero-order valence-corrected chi connectivity index (χ0v) is 12.7. The number of thiophene rings is 1. The molecule has 0 aliphatic heterocycles. The first-order valence-corrected chi connectivity index (χ1v) is 7.32. The van der Waals surface area contributed by atoms with Crippen molar-refractivity contribution in [2.24, 2.45) is 5.92 Å². The molecule has 0 bridgehead atoms. The summed E-state index contributed by atoms with van der Waals surface area (Å²) < 4.78 is 0. The quantitative estimate of drug-likeness (QED) is 0.803. The Hall–Kier alpha value is -0.380. The maximum Gasteiger partial charge on any atom is 0.0300 e. The molecule has 0 atom stereocenters. The van der Waals surface area contributed by atoms with E-state index in [4.69, 9.17) is 0 Å². The maximum atomic E-state index is 3.51. The van der Waals surface area contributed by atoms with Crippen LogP contribution in [0, 0.1) is 12.8 Å². The van der Waals surface area contributed by atoms with Crippen molar-refractivity contribution < 1.29 is 0 Å². The summed E-state index contributed by atoms with van der Waals surface area (Å²) in [6.45, 7) is 13.2. The lowest BCUT2D eigenvalue weighted by molar-refractivity contribution is 0.345. The van der Waals surface area contributed by atoms with Gasteiger partial charge in [0.2, 0.25) is 0 Å². The van der Waals surface area contributed by atoms with Crippen molar-refractivity contribution in [1.82, 2.24) is 10.2 Å². The highest BCUT2D eigenvalue weighted by Crippen LogP contribution is 2.22. The van der Waals surface area contributed by atoms with Gasteiger partial charge in [0.1, 0.15) is 0 Å². The van der Waals surface area contributed by atoms with Crippen molar-refractivity contribution in [2.45, 2.75) is 40.8 Å². The van der Waals surface area contributed by atoms with Gasteiger partial charge in [0.05, 0.1) is 0 Å². The summed E-state index contributed by atoms with van der Waals surface area (Å²) in [6.07, 6.45) is 0. The first-order chi connectivity index (χ1) is 8.02. The van der Waals surface area contributed by atoms with Crippen molar-refractivity contribution in [3.8, 4) is 0 Å². The topological polar surface area (TPSA) is 15.3 Å². The fraction of sp³-hybridized carbons (Fsp3) is 0.714. The van der Waals surface area contributed by atoms with Gasteiger partial charge in [-0.15, -0.1) is 11.3 Å². The van der Waals surface area contributed by atoms with Gasteiger partial charge in [0.25, 0.3) is 0 Å². The molecule has 0 amide bonds. The lowest BCUT2D eigenvalue weighted by Gasteiger charge is -2.12. The van der Waals surface area contributed by atoms with E-state index in [9.17, 15) is 0 Å². The van der Waals surface area contributed by atoms with Gasteiger partial charge in [-0.1, -0.05) is 20.8 Å². The van der Waals surface area contributed by atoms with E-state index in [0.717, 1.165) is 32.1 Å². The number of nitrogens with zero attached hydrogens (tertiary/aromatic N) is 1. The van der Waals surface area contributed by atoms with Crippen molar-refractivity contribution in [1.29, 1.82) is 0 Å². The van der Waals surface area contributed by atoms with Gasteiger partial charge in [-0.2, -0.15) is 0 Å². The second-order valence-corrected chi connectivity index (χ2v) is 6.49. The minimum atomic E-state index is 0.724. The smallest absolute Gasteiger partial charge is 0.0300 e. The molecule has 1 heterocycles. The van der Waals surface area contributed by atoms with Crippen LogP contribution in [0.1, 0.15) is 36.1 Å². The number of hydrogen-bond acceptors (Lipinski definition) is 3. The molecule has 0 aliphatic rings. The lowest BCUT2D eigenvalue weighted by atomic mass is 10.2. The van der Waals surface area contributed by atoms with Crippen LogP contribution in [-0.2, 0) is 13.1 Å². The van der Waals surface area contributed by atoms with Crippen LogP contribution >= 0.6 is 11.3 Å². The first-order valence-electron chi connectivity index (χ1n) is 6.50. The first kappa shape index (κ1) is 14.7. The molecule has 1 aromatic heterocycles. The Balaban J connectivity index is 2.49. The van der Waals surface area contributed by atoms with E-state index in [-0.39, 0.29) is 0 Å². The monoisotopic (exact) mass is 254 g/mol. The molecule has 3 heteroatoms. The lowest BCUT2D eigenvalue weighted by Crippen LogP contribution is -2.18. The van der Waals surface area contributed by atoms with Gasteiger partial charge in [-0.05, 0) is 44.6 Å². The van der Waals surface area contributed by atoms with Crippen LogP contribution in [0.15, 0.2) is 6.07 Å². The Morgan fingerprint density at radius 3 is 2.71 bits per heavy atom. The third kappa shape index (κ3) is 5.19. The highest BCUT2D eigenvalue weighted by molar-refractivity contribution is 7.12. The van der Waals surface area contributed by atoms with Gasteiger partial charge < -0.3 is 10.2 Å². The molecule has 0 spiro atoms. The van der Waals surface area contributed by atoms with Crippen molar-refractivity contribution in [3.63, 3.8) is 0 Å². The number of rotatable bonds is 7. The Morgan fingerprint density at radius 2 is 2.12 bits per heavy atom. The molecule has 1 rings (SSSR count). The zero-order chi connectivity index (χ0) is 12.8. The fourth-order valence-corrected chi connectivity index (χ4v) is 2.74. The van der Waals surface area contributed by atoms with E-state index in [1.807, 2.05) is 11.3 Å². The van der Waals surface area contributed by atoms with E-state index in [0.29, 0.717) is 0 Å². The van der Waals surface area contributed by atoms with Crippen molar-refractivity contribution in [3.05, 3.63) is 21.4 Å². The van der Waals surface area contributed by atoms with E-state index in [2.05, 4.69) is 51.0 Å². The van der Waals surface area contributed by atoms with Gasteiger partial charge in [-0.3, -0.25) is 0 Å². The Bertz CT molecular complexity index is 331. The highest BCUT2D eigenvalue weighted by Gasteiger charge is 2.07. The molecule has 0 saturated carbocycles. The second-order valence-electron chi connectivity index (χ2n) is 5.15. The predicted molar refractivity (Wildman–Crippen MR) is 77.6 cm³/mol. The van der Waals surface area contributed by atoms with Crippen LogP contribution in [-0.4, -0.2) is 25.0 Å². The van der Waals surface area contributed by atoms with Gasteiger partial charge in [0, 0.05) is 22.8 Å². The number of aryl methyl sites for hydroxylation is 1. The van der Waals surface area contributed by atoms with E-state index >= 15 is 0 Å². The second kappa shape index (κ2) is 7.14. The predicted octanol–water partition coefficient (Wildman–Crippen LogP) is 3.25. The summed E-state index contributed by atoms with van der Waals surface area (Å²) in [6, 6.07) is 2.36. The molecular weight excluding hydrogens is 228 g/mol. The minimum absolute atomic E-state index is 0.724. The molecule has 2 nitrogen and oxygen atoms in total. The fourth-order valence-electron chi connectivity index (χ4n) is 1.72. The van der Waals surface area contributed by atoms with E-state index in [1.54, 1.807) is 0 Å². The molecule has 1 N–H and O–H groups in total. The summed E-state index contributed by atoms with van der Waals surface area (Å²) in [5.74, 6) is 0.724. The summed E-state index contributed by atoms with van der Waals surface area (Å²) in [5.41, 5.74) is 1.49. The van der Waals surface area contributed by atoms with Crippen LogP contribution in [0.5, 0.6) is 0 Å². The highest BCUT2D eigenvalue weighted by atomic mass is 32.1. The number of nitrogens with one attached hydrogen (secondary N) is 1. The molecule has 0 aliphatic carbocycles. The molecule has 0 aromatic carbocycles. The van der Waals surface area contributed by atoms with E-state index < -0.39 is 0 Å². The van der Waals surface area contributed by atoms with Crippen LogP contribution in [0.25, 0.3) is 0 Å². The molecule has 0 unspecified atom stereocenters. The van der Waals surface area contributed by atoms with Gasteiger partial charge in [-0.25, -0.2) is 0 Å². The SMILES string of the molecule is CCN(C)Cc1cc(CNCC(C)C)sc1C. The molecular formula is C14H26N2S. The zero-order valence-electron chi connectivity index (χ0n) is 11.8. The number of hydrogen-bond donors (Lipinski definition) is 1. The Kier molecular flexibility index (Phi) is 6.17. The third-order valence-corrected chi connectivity index (χ3v) is 4.00. The standard InChI is InChI=1S/C14H26N2S/c1-6-16(5)10-13-7-14(17-12(13)4)9-15-8-11(2)3/h7,11,15H,6,8-10H2,1-5H3. The van der Waals surface area contributed by atoms with Gasteiger partial charge >= 0.3 is 0 Å². The van der Waals surface area contributed by atoms with Gasteiger partial charge in [0.15, 0.2) is 0 Å². The summed E-state index contributed by atoms with van der Waals surface area (Å²) in [7, 11) is 2.17. The molecule has 98 valence electrons. The van der Waals surface area contributed by atoms with Crippen LogP contribution in [0.3, 0.4) is 0 Å². The molecule has 0 radical (unpaired) electrons. The molecule has 1 aromatic rings. The average Bonchev–Trinajstić information content (AvgIpc) is 2.59.